The summed E-state index contributed by atoms with van der Waals surface area (Å²) in [5.41, 5.74) is 6.57. The molecule has 1 aromatic carbocycles. The summed E-state index contributed by atoms with van der Waals surface area (Å²) in [6.45, 7) is 1.20. The van der Waals surface area contributed by atoms with E-state index >= 15 is 0 Å². The minimum atomic E-state index is -4.13. The van der Waals surface area contributed by atoms with Crippen molar-refractivity contribution in [2.75, 3.05) is 13.1 Å². The highest BCUT2D eigenvalue weighted by molar-refractivity contribution is 7.89. The van der Waals surface area contributed by atoms with Crippen molar-refractivity contribution in [1.82, 2.24) is 25.9 Å². The molecule has 2 heterocycles. The standard InChI is InChI=1S/C14H18FN5O2S.C4H10N2/c15-8-10-6-7-11(9-4-2-1-3-5-9)12(13(10)23(16,21)22)14-17-19-20-18-14;5-4-1-2-6-3-4/h6-7,9H,1-5,8H2,(H2,16,21,22)(H,17,18,19,20);4,6H,1-3,5H2. The Morgan fingerprint density at radius 2 is 1.93 bits per heavy atom. The fraction of sp³-hybridized carbons (Fsp3) is 0.611. The molecule has 0 radical (unpaired) electrons. The van der Waals surface area contributed by atoms with E-state index in [0.29, 0.717) is 6.04 Å². The number of sulfonamides is 1. The Labute approximate surface area is 169 Å². The summed E-state index contributed by atoms with van der Waals surface area (Å²) < 4.78 is 37.5. The fourth-order valence-electron chi connectivity index (χ4n) is 4.00. The Morgan fingerprint density at radius 3 is 2.41 bits per heavy atom. The summed E-state index contributed by atoms with van der Waals surface area (Å²) in [6.07, 6.45) is 6.37. The molecule has 2 aromatic rings. The van der Waals surface area contributed by atoms with Crippen molar-refractivity contribution in [2.45, 2.75) is 62.1 Å². The Bertz CT molecular complexity index is 893. The van der Waals surface area contributed by atoms with Crippen molar-refractivity contribution in [3.8, 4) is 11.4 Å². The second-order valence-corrected chi connectivity index (χ2v) is 9.02. The average molecular weight is 426 g/mol. The maximum absolute atomic E-state index is 13.3. The van der Waals surface area contributed by atoms with Crippen LogP contribution in [0.4, 0.5) is 4.39 Å². The third kappa shape index (κ3) is 5.35. The minimum Gasteiger partial charge on any atom is -0.327 e. The summed E-state index contributed by atoms with van der Waals surface area (Å²) in [5, 5.41) is 22.1. The van der Waals surface area contributed by atoms with E-state index in [9.17, 15) is 12.8 Å². The number of tetrazole rings is 1. The zero-order valence-electron chi connectivity index (χ0n) is 16.3. The van der Waals surface area contributed by atoms with Gasteiger partial charge in [-0.1, -0.05) is 31.4 Å². The summed E-state index contributed by atoms with van der Waals surface area (Å²) in [5.74, 6) is 0.316. The molecule has 1 aromatic heterocycles. The van der Waals surface area contributed by atoms with Crippen molar-refractivity contribution >= 4 is 10.0 Å². The predicted molar refractivity (Wildman–Crippen MR) is 107 cm³/mol. The van der Waals surface area contributed by atoms with E-state index in [-0.39, 0.29) is 27.8 Å². The first-order chi connectivity index (χ1) is 13.9. The monoisotopic (exact) mass is 425 g/mol. The van der Waals surface area contributed by atoms with Crippen LogP contribution in [0.1, 0.15) is 55.6 Å². The number of nitrogens with one attached hydrogen (secondary N) is 2. The molecule has 9 nitrogen and oxygen atoms in total. The maximum Gasteiger partial charge on any atom is 0.239 e. The normalized spacial score (nSPS) is 20.3. The SMILES string of the molecule is NC1CCNC1.NS(=O)(=O)c1c(CF)ccc(C2CCCCC2)c1-c1nn[nH]n1. The average Bonchev–Trinajstić information content (AvgIpc) is 3.41. The number of benzene rings is 1. The lowest BCUT2D eigenvalue weighted by Crippen LogP contribution is -2.21. The van der Waals surface area contributed by atoms with Crippen molar-refractivity contribution in [3.63, 3.8) is 0 Å². The van der Waals surface area contributed by atoms with Crippen LogP contribution in [-0.2, 0) is 16.7 Å². The van der Waals surface area contributed by atoms with Gasteiger partial charge in [0, 0.05) is 23.7 Å². The van der Waals surface area contributed by atoms with Gasteiger partial charge in [0.1, 0.15) is 6.67 Å². The molecule has 4 rings (SSSR count). The zero-order valence-corrected chi connectivity index (χ0v) is 17.1. The van der Waals surface area contributed by atoms with Gasteiger partial charge in [-0.25, -0.2) is 17.9 Å². The molecular weight excluding hydrogens is 397 g/mol. The van der Waals surface area contributed by atoms with Gasteiger partial charge in [0.05, 0.1) is 4.90 Å². The number of hydrogen-bond donors (Lipinski definition) is 4. The Morgan fingerprint density at radius 1 is 1.17 bits per heavy atom. The van der Waals surface area contributed by atoms with Crippen molar-refractivity contribution in [2.24, 2.45) is 10.9 Å². The van der Waals surface area contributed by atoms with Gasteiger partial charge in [0.25, 0.3) is 0 Å². The first-order valence-electron chi connectivity index (χ1n) is 9.86. The van der Waals surface area contributed by atoms with E-state index < -0.39 is 16.7 Å². The van der Waals surface area contributed by atoms with Gasteiger partial charge in [-0.15, -0.1) is 10.2 Å². The molecule has 2 aliphatic rings. The zero-order chi connectivity index (χ0) is 20.9. The van der Waals surface area contributed by atoms with Crippen LogP contribution < -0.4 is 16.2 Å². The van der Waals surface area contributed by atoms with Gasteiger partial charge in [-0.2, -0.15) is 5.21 Å². The maximum atomic E-state index is 13.3. The molecule has 2 fully saturated rings. The van der Waals surface area contributed by atoms with E-state index in [1.165, 1.54) is 12.5 Å². The number of aromatic amines is 1. The summed E-state index contributed by atoms with van der Waals surface area (Å²) in [6, 6.07) is 3.70. The van der Waals surface area contributed by atoms with Crippen molar-refractivity contribution in [1.29, 1.82) is 0 Å². The lowest BCUT2D eigenvalue weighted by molar-refractivity contribution is 0.442. The molecule has 1 atom stereocenters. The molecule has 1 aliphatic heterocycles. The molecule has 1 saturated heterocycles. The van der Waals surface area contributed by atoms with Gasteiger partial charge < -0.3 is 11.1 Å². The molecule has 0 amide bonds. The number of nitrogens with two attached hydrogens (primary N) is 2. The first kappa shape index (κ1) is 21.8. The number of H-pyrrole nitrogens is 1. The topological polar surface area (TPSA) is 153 Å². The Hall–Kier alpha value is -1.95. The highest BCUT2D eigenvalue weighted by Crippen LogP contribution is 2.40. The van der Waals surface area contributed by atoms with Crippen molar-refractivity contribution in [3.05, 3.63) is 23.3 Å². The van der Waals surface area contributed by atoms with Crippen LogP contribution >= 0.6 is 0 Å². The van der Waals surface area contributed by atoms with E-state index in [4.69, 9.17) is 10.9 Å². The summed E-state index contributed by atoms with van der Waals surface area (Å²) in [7, 11) is -4.13. The number of rotatable bonds is 4. The Balaban J connectivity index is 0.000000343. The van der Waals surface area contributed by atoms with Crippen molar-refractivity contribution < 1.29 is 12.8 Å². The highest BCUT2D eigenvalue weighted by Gasteiger charge is 2.29. The molecule has 1 aliphatic carbocycles. The van der Waals surface area contributed by atoms with Crippen LogP contribution in [0, 0.1) is 0 Å². The predicted octanol–water partition coefficient (Wildman–Crippen LogP) is 1.34. The van der Waals surface area contributed by atoms with Crippen LogP contribution in [-0.4, -0.2) is 48.2 Å². The Kier molecular flexibility index (Phi) is 7.28. The molecule has 6 N–H and O–H groups in total. The molecule has 29 heavy (non-hydrogen) atoms. The summed E-state index contributed by atoms with van der Waals surface area (Å²) in [4.78, 5) is -0.232. The largest absolute Gasteiger partial charge is 0.327 e. The van der Waals surface area contributed by atoms with Gasteiger partial charge in [-0.05, 0) is 42.5 Å². The first-order valence-corrected chi connectivity index (χ1v) is 11.4. The number of aromatic nitrogens is 4. The third-order valence-electron chi connectivity index (χ3n) is 5.41. The van der Waals surface area contributed by atoms with Crippen LogP contribution in [0.2, 0.25) is 0 Å². The lowest BCUT2D eigenvalue weighted by atomic mass is 9.81. The number of nitrogens with zero attached hydrogens (tertiary/aromatic N) is 3. The molecule has 160 valence electrons. The van der Waals surface area contributed by atoms with Gasteiger partial charge in [-0.3, -0.25) is 0 Å². The van der Waals surface area contributed by atoms with Gasteiger partial charge in [0.2, 0.25) is 15.8 Å². The quantitative estimate of drug-likeness (QED) is 0.576. The molecule has 0 bridgehead atoms. The number of primary sulfonamides is 1. The minimum absolute atomic E-state index is 0.0202. The van der Waals surface area contributed by atoms with Gasteiger partial charge in [0.15, 0.2) is 0 Å². The fourth-order valence-corrected chi connectivity index (χ4v) is 4.98. The second kappa shape index (κ2) is 9.70. The van der Waals surface area contributed by atoms with Gasteiger partial charge >= 0.3 is 0 Å². The second-order valence-electron chi connectivity index (χ2n) is 7.52. The molecule has 1 saturated carbocycles. The molecule has 1 unspecified atom stereocenters. The summed E-state index contributed by atoms with van der Waals surface area (Å²) >= 11 is 0. The smallest absolute Gasteiger partial charge is 0.239 e. The molecule has 11 heteroatoms. The number of alkyl halides is 1. The van der Waals surface area contributed by atoms with E-state index in [1.807, 2.05) is 0 Å². The lowest BCUT2D eigenvalue weighted by Gasteiger charge is -2.25. The van der Waals surface area contributed by atoms with Crippen LogP contribution in [0.5, 0.6) is 0 Å². The van der Waals surface area contributed by atoms with E-state index in [0.717, 1.165) is 50.8 Å². The van der Waals surface area contributed by atoms with Crippen LogP contribution in [0.15, 0.2) is 17.0 Å². The number of halogens is 1. The number of hydrogen-bond acceptors (Lipinski definition) is 7. The molecular formula is C18H28FN7O2S. The van der Waals surface area contributed by atoms with E-state index in [1.54, 1.807) is 6.07 Å². The van der Waals surface area contributed by atoms with E-state index in [2.05, 4.69) is 25.9 Å². The molecule has 0 spiro atoms. The van der Waals surface area contributed by atoms with Crippen LogP contribution in [0.25, 0.3) is 11.4 Å². The third-order valence-corrected chi connectivity index (χ3v) is 6.45. The van der Waals surface area contributed by atoms with Crippen LogP contribution in [0.3, 0.4) is 0 Å². The highest BCUT2D eigenvalue weighted by atomic mass is 32.2.